The van der Waals surface area contributed by atoms with E-state index in [4.69, 9.17) is 0 Å². The van der Waals surface area contributed by atoms with Gasteiger partial charge in [-0.15, -0.1) is 0 Å². The maximum absolute atomic E-state index is 13.6. The first-order chi connectivity index (χ1) is 8.03. The third kappa shape index (κ3) is 2.48. The topological polar surface area (TPSA) is 49.8 Å². The van der Waals surface area contributed by atoms with Crippen molar-refractivity contribution in [3.8, 4) is 0 Å². The maximum Gasteiger partial charge on any atom is 0.224 e. The average molecular weight is 238 g/mol. The summed E-state index contributed by atoms with van der Waals surface area (Å²) in [6.45, 7) is 4.41. The molecule has 2 N–H and O–H groups in total. The van der Waals surface area contributed by atoms with Crippen molar-refractivity contribution >= 4 is 11.8 Å². The standard InChI is InChI=1S/C12H19FN4/c1-12(2)6-4-5-9(12)16-10-8(13)7-15-11(14-3)17-10/h7,9H,4-6H2,1-3H3,(H2,14,15,16,17). The number of hydrogen-bond acceptors (Lipinski definition) is 4. The first-order valence-electron chi connectivity index (χ1n) is 6.00. The number of rotatable bonds is 3. The van der Waals surface area contributed by atoms with Gasteiger partial charge in [0.1, 0.15) is 0 Å². The fourth-order valence-corrected chi connectivity index (χ4v) is 2.35. The maximum atomic E-state index is 13.6. The van der Waals surface area contributed by atoms with Crippen LogP contribution in [0.3, 0.4) is 0 Å². The zero-order valence-electron chi connectivity index (χ0n) is 10.5. The SMILES string of the molecule is CNc1ncc(F)c(NC2CCCC2(C)C)n1. The van der Waals surface area contributed by atoms with Crippen LogP contribution < -0.4 is 10.6 Å². The molecule has 0 aromatic carbocycles. The molecule has 1 unspecified atom stereocenters. The summed E-state index contributed by atoms with van der Waals surface area (Å²) in [5.41, 5.74) is 0.192. The van der Waals surface area contributed by atoms with Gasteiger partial charge < -0.3 is 10.6 Å². The molecule has 0 aliphatic heterocycles. The van der Waals surface area contributed by atoms with Gasteiger partial charge in [0.15, 0.2) is 11.6 Å². The zero-order valence-corrected chi connectivity index (χ0v) is 10.5. The van der Waals surface area contributed by atoms with Crippen molar-refractivity contribution in [3.05, 3.63) is 12.0 Å². The first kappa shape index (κ1) is 12.1. The fourth-order valence-electron chi connectivity index (χ4n) is 2.35. The molecule has 1 aromatic rings. The monoisotopic (exact) mass is 238 g/mol. The molecule has 1 aliphatic rings. The molecule has 1 heterocycles. The van der Waals surface area contributed by atoms with Crippen LogP contribution in [0.4, 0.5) is 16.2 Å². The normalized spacial score (nSPS) is 22.5. The third-order valence-corrected chi connectivity index (χ3v) is 3.54. The van der Waals surface area contributed by atoms with E-state index in [9.17, 15) is 4.39 Å². The van der Waals surface area contributed by atoms with Gasteiger partial charge in [0.2, 0.25) is 5.95 Å². The van der Waals surface area contributed by atoms with Crippen molar-refractivity contribution in [1.82, 2.24) is 9.97 Å². The van der Waals surface area contributed by atoms with Crippen LogP contribution in [-0.4, -0.2) is 23.1 Å². The van der Waals surface area contributed by atoms with Crippen molar-refractivity contribution in [2.24, 2.45) is 5.41 Å². The summed E-state index contributed by atoms with van der Waals surface area (Å²) < 4.78 is 13.6. The number of hydrogen-bond donors (Lipinski definition) is 2. The van der Waals surface area contributed by atoms with Gasteiger partial charge in [-0.3, -0.25) is 0 Å². The lowest BCUT2D eigenvalue weighted by Gasteiger charge is -2.28. The van der Waals surface area contributed by atoms with E-state index < -0.39 is 5.82 Å². The van der Waals surface area contributed by atoms with Crippen LogP contribution >= 0.6 is 0 Å². The Hall–Kier alpha value is -1.39. The second-order valence-electron chi connectivity index (χ2n) is 5.22. The Morgan fingerprint density at radius 3 is 2.82 bits per heavy atom. The molecule has 1 fully saturated rings. The quantitative estimate of drug-likeness (QED) is 0.850. The molecule has 17 heavy (non-hydrogen) atoms. The molecule has 0 amide bonds. The lowest BCUT2D eigenvalue weighted by Crippen LogP contribution is -2.31. The average Bonchev–Trinajstić information content (AvgIpc) is 2.61. The van der Waals surface area contributed by atoms with E-state index in [0.717, 1.165) is 12.8 Å². The number of anilines is 2. The molecule has 94 valence electrons. The summed E-state index contributed by atoms with van der Waals surface area (Å²) >= 11 is 0. The minimum absolute atomic E-state index is 0.192. The van der Waals surface area contributed by atoms with Gasteiger partial charge in [0.05, 0.1) is 6.20 Å². The van der Waals surface area contributed by atoms with Crippen molar-refractivity contribution in [2.75, 3.05) is 17.7 Å². The van der Waals surface area contributed by atoms with Gasteiger partial charge in [-0.2, -0.15) is 4.98 Å². The van der Waals surface area contributed by atoms with Gasteiger partial charge >= 0.3 is 0 Å². The summed E-state index contributed by atoms with van der Waals surface area (Å²) in [6, 6.07) is 0.275. The lowest BCUT2D eigenvalue weighted by molar-refractivity contribution is 0.348. The van der Waals surface area contributed by atoms with Crippen molar-refractivity contribution in [2.45, 2.75) is 39.2 Å². The largest absolute Gasteiger partial charge is 0.364 e. The summed E-state index contributed by atoms with van der Waals surface area (Å²) in [5, 5.41) is 6.02. The van der Waals surface area contributed by atoms with E-state index in [1.807, 2.05) is 0 Å². The van der Waals surface area contributed by atoms with Crippen LogP contribution in [0.2, 0.25) is 0 Å². The molecule has 1 aromatic heterocycles. The predicted octanol–water partition coefficient (Wildman–Crippen LogP) is 2.65. The molecular weight excluding hydrogens is 219 g/mol. The van der Waals surface area contributed by atoms with Crippen molar-refractivity contribution in [1.29, 1.82) is 0 Å². The highest BCUT2D eigenvalue weighted by atomic mass is 19.1. The summed E-state index contributed by atoms with van der Waals surface area (Å²) in [6.07, 6.45) is 4.60. The number of nitrogens with zero attached hydrogens (tertiary/aromatic N) is 2. The Labute approximate surface area is 101 Å². The van der Waals surface area contributed by atoms with E-state index in [1.165, 1.54) is 12.6 Å². The summed E-state index contributed by atoms with van der Waals surface area (Å²) in [5.74, 6) is 0.334. The van der Waals surface area contributed by atoms with Crippen LogP contribution in [0.15, 0.2) is 6.20 Å². The Bertz CT molecular complexity index is 405. The van der Waals surface area contributed by atoms with Gasteiger partial charge in [0, 0.05) is 13.1 Å². The molecule has 0 spiro atoms. The van der Waals surface area contributed by atoms with E-state index >= 15 is 0 Å². The lowest BCUT2D eigenvalue weighted by atomic mass is 9.87. The molecule has 4 nitrogen and oxygen atoms in total. The minimum atomic E-state index is -0.397. The van der Waals surface area contributed by atoms with Gasteiger partial charge in [-0.25, -0.2) is 9.37 Å². The van der Waals surface area contributed by atoms with Crippen LogP contribution in [0.25, 0.3) is 0 Å². The van der Waals surface area contributed by atoms with Gasteiger partial charge in [-0.1, -0.05) is 20.3 Å². The Morgan fingerprint density at radius 1 is 1.47 bits per heavy atom. The second-order valence-corrected chi connectivity index (χ2v) is 5.22. The first-order valence-corrected chi connectivity index (χ1v) is 6.00. The molecule has 0 radical (unpaired) electrons. The minimum Gasteiger partial charge on any atom is -0.364 e. The van der Waals surface area contributed by atoms with Gasteiger partial charge in [0.25, 0.3) is 0 Å². The summed E-state index contributed by atoms with van der Waals surface area (Å²) in [7, 11) is 1.72. The molecule has 0 saturated heterocycles. The molecule has 2 rings (SSSR count). The Morgan fingerprint density at radius 2 is 2.24 bits per heavy atom. The van der Waals surface area contributed by atoms with Gasteiger partial charge in [-0.05, 0) is 18.3 Å². The van der Waals surface area contributed by atoms with Crippen LogP contribution in [-0.2, 0) is 0 Å². The molecule has 1 aliphatic carbocycles. The Kier molecular flexibility index (Phi) is 3.17. The molecular formula is C12H19FN4. The van der Waals surface area contributed by atoms with Crippen LogP contribution in [0.5, 0.6) is 0 Å². The fraction of sp³-hybridized carbons (Fsp3) is 0.667. The van der Waals surface area contributed by atoms with E-state index in [0.29, 0.717) is 11.8 Å². The highest BCUT2D eigenvalue weighted by Crippen LogP contribution is 2.39. The predicted molar refractivity (Wildman–Crippen MR) is 66.6 cm³/mol. The van der Waals surface area contributed by atoms with Crippen LogP contribution in [0, 0.1) is 11.2 Å². The zero-order chi connectivity index (χ0) is 12.5. The number of nitrogens with one attached hydrogen (secondary N) is 2. The second kappa shape index (κ2) is 4.47. The molecule has 0 bridgehead atoms. The molecule has 1 saturated carbocycles. The summed E-state index contributed by atoms with van der Waals surface area (Å²) in [4.78, 5) is 7.94. The van der Waals surface area contributed by atoms with Crippen LogP contribution in [0.1, 0.15) is 33.1 Å². The highest BCUT2D eigenvalue weighted by molar-refractivity contribution is 5.42. The van der Waals surface area contributed by atoms with E-state index in [-0.39, 0.29) is 11.5 Å². The highest BCUT2D eigenvalue weighted by Gasteiger charge is 2.35. The van der Waals surface area contributed by atoms with Crippen molar-refractivity contribution in [3.63, 3.8) is 0 Å². The van der Waals surface area contributed by atoms with E-state index in [2.05, 4.69) is 34.4 Å². The van der Waals surface area contributed by atoms with E-state index in [1.54, 1.807) is 7.05 Å². The number of aromatic nitrogens is 2. The molecule has 5 heteroatoms. The van der Waals surface area contributed by atoms with Crippen molar-refractivity contribution < 1.29 is 4.39 Å². The number of halogens is 1. The third-order valence-electron chi connectivity index (χ3n) is 3.54. The molecule has 1 atom stereocenters. The Balaban J connectivity index is 2.18. The smallest absolute Gasteiger partial charge is 0.224 e.